The molecule has 17 heavy (non-hydrogen) atoms. The fourth-order valence-corrected chi connectivity index (χ4v) is 2.49. The van der Waals surface area contributed by atoms with Crippen molar-refractivity contribution in [1.82, 2.24) is 4.98 Å². The van der Waals surface area contributed by atoms with Crippen LogP contribution in [0.1, 0.15) is 25.3 Å². The van der Waals surface area contributed by atoms with Crippen LogP contribution >= 0.6 is 11.3 Å². The Balaban J connectivity index is 2.22. The van der Waals surface area contributed by atoms with Gasteiger partial charge in [0, 0.05) is 0 Å². The lowest BCUT2D eigenvalue weighted by atomic mass is 9.96. The number of ketones is 1. The third kappa shape index (κ3) is 2.53. The summed E-state index contributed by atoms with van der Waals surface area (Å²) in [5.41, 5.74) is -0.325. The molecule has 2 aromatic rings. The van der Waals surface area contributed by atoms with Crippen LogP contribution in [0.4, 0.5) is 0 Å². The Morgan fingerprint density at radius 1 is 1.47 bits per heavy atom. The number of Topliss-reactive ketones (excluding diaryl/α,β-unsaturated/α-hetero) is 1. The Bertz CT molecular complexity index is 512. The van der Waals surface area contributed by atoms with Gasteiger partial charge in [-0.1, -0.05) is 19.1 Å². The van der Waals surface area contributed by atoms with Crippen LogP contribution in [0.5, 0.6) is 0 Å². The van der Waals surface area contributed by atoms with Gasteiger partial charge in [0.1, 0.15) is 10.6 Å². The minimum atomic E-state index is -1.24. The highest BCUT2D eigenvalue weighted by atomic mass is 32.1. The molecular weight excluding hydrogens is 234 g/mol. The van der Waals surface area contributed by atoms with Crippen LogP contribution in [0.3, 0.4) is 0 Å². The van der Waals surface area contributed by atoms with Crippen molar-refractivity contribution in [3.8, 4) is 0 Å². The normalized spacial score (nSPS) is 14.8. The fraction of sp³-hybridized carbons (Fsp3) is 0.385. The Kier molecular flexibility index (Phi) is 3.26. The summed E-state index contributed by atoms with van der Waals surface area (Å²) >= 11 is 1.51. The van der Waals surface area contributed by atoms with E-state index < -0.39 is 5.60 Å². The zero-order valence-corrected chi connectivity index (χ0v) is 10.8. The molecule has 2 rings (SSSR count). The maximum absolute atomic E-state index is 11.9. The van der Waals surface area contributed by atoms with E-state index in [0.717, 1.165) is 15.2 Å². The summed E-state index contributed by atoms with van der Waals surface area (Å²) in [7, 11) is 0. The van der Waals surface area contributed by atoms with Crippen molar-refractivity contribution >= 4 is 27.3 Å². The van der Waals surface area contributed by atoms with E-state index in [4.69, 9.17) is 0 Å². The van der Waals surface area contributed by atoms with Crippen molar-refractivity contribution < 1.29 is 9.90 Å². The number of thiazole rings is 1. The minimum absolute atomic E-state index is 0.168. The highest BCUT2D eigenvalue weighted by molar-refractivity contribution is 7.18. The SMILES string of the molecule is CCC(C)(O)C(=O)Cc1nc2ccccc2s1. The van der Waals surface area contributed by atoms with E-state index in [2.05, 4.69) is 4.98 Å². The van der Waals surface area contributed by atoms with Gasteiger partial charge in [0.25, 0.3) is 0 Å². The number of hydrogen-bond acceptors (Lipinski definition) is 4. The summed E-state index contributed by atoms with van der Waals surface area (Å²) in [6, 6.07) is 7.79. The van der Waals surface area contributed by atoms with Crippen LogP contribution in [0.2, 0.25) is 0 Å². The van der Waals surface area contributed by atoms with Crippen molar-refractivity contribution in [2.45, 2.75) is 32.3 Å². The molecule has 0 aliphatic rings. The van der Waals surface area contributed by atoms with Crippen LogP contribution in [-0.4, -0.2) is 21.5 Å². The lowest BCUT2D eigenvalue weighted by molar-refractivity contribution is -0.135. The van der Waals surface area contributed by atoms with Crippen molar-refractivity contribution in [3.05, 3.63) is 29.3 Å². The maximum Gasteiger partial charge on any atom is 0.170 e. The average molecular weight is 249 g/mol. The smallest absolute Gasteiger partial charge is 0.170 e. The number of carbonyl (C=O) groups excluding carboxylic acids is 1. The zero-order valence-electron chi connectivity index (χ0n) is 9.93. The van der Waals surface area contributed by atoms with Gasteiger partial charge in [-0.2, -0.15) is 0 Å². The first-order chi connectivity index (χ1) is 8.03. The largest absolute Gasteiger partial charge is 0.382 e. The first kappa shape index (κ1) is 12.2. The molecule has 0 fully saturated rings. The fourth-order valence-electron chi connectivity index (χ4n) is 1.52. The standard InChI is InChI=1S/C13H15NO2S/c1-3-13(2,16)11(15)8-12-14-9-6-4-5-7-10(9)17-12/h4-7,16H,3,8H2,1-2H3. The molecule has 0 bridgehead atoms. The van der Waals surface area contributed by atoms with E-state index in [1.165, 1.54) is 11.3 Å². The van der Waals surface area contributed by atoms with Gasteiger partial charge in [0.2, 0.25) is 0 Å². The molecule has 0 aliphatic carbocycles. The molecule has 0 radical (unpaired) electrons. The summed E-state index contributed by atoms with van der Waals surface area (Å²) in [4.78, 5) is 16.2. The Hall–Kier alpha value is -1.26. The third-order valence-electron chi connectivity index (χ3n) is 2.94. The molecular formula is C13H15NO2S. The zero-order chi connectivity index (χ0) is 12.5. The van der Waals surface area contributed by atoms with Gasteiger partial charge in [-0.3, -0.25) is 4.79 Å². The van der Waals surface area contributed by atoms with E-state index in [1.807, 2.05) is 24.3 Å². The average Bonchev–Trinajstić information content (AvgIpc) is 2.70. The molecule has 3 nitrogen and oxygen atoms in total. The molecule has 0 saturated carbocycles. The third-order valence-corrected chi connectivity index (χ3v) is 3.98. The van der Waals surface area contributed by atoms with Crippen LogP contribution < -0.4 is 0 Å². The molecule has 90 valence electrons. The molecule has 1 aromatic carbocycles. The number of nitrogens with zero attached hydrogens (tertiary/aromatic N) is 1. The van der Waals surface area contributed by atoms with Gasteiger partial charge in [0.15, 0.2) is 5.78 Å². The summed E-state index contributed by atoms with van der Waals surface area (Å²) in [5, 5.41) is 10.6. The van der Waals surface area contributed by atoms with Crippen molar-refractivity contribution in [3.63, 3.8) is 0 Å². The van der Waals surface area contributed by atoms with Crippen LogP contribution in [0.25, 0.3) is 10.2 Å². The van der Waals surface area contributed by atoms with E-state index in [9.17, 15) is 9.90 Å². The molecule has 0 aliphatic heterocycles. The quantitative estimate of drug-likeness (QED) is 0.906. The monoisotopic (exact) mass is 249 g/mol. The molecule has 0 amide bonds. The Morgan fingerprint density at radius 2 is 2.18 bits per heavy atom. The van der Waals surface area contributed by atoms with Gasteiger partial charge < -0.3 is 5.11 Å². The van der Waals surface area contributed by atoms with Gasteiger partial charge >= 0.3 is 0 Å². The second-order valence-electron chi connectivity index (χ2n) is 4.30. The second-order valence-corrected chi connectivity index (χ2v) is 5.42. The van der Waals surface area contributed by atoms with E-state index in [-0.39, 0.29) is 12.2 Å². The Morgan fingerprint density at radius 3 is 2.82 bits per heavy atom. The van der Waals surface area contributed by atoms with Gasteiger partial charge in [0.05, 0.1) is 16.6 Å². The number of para-hydroxylation sites is 1. The molecule has 4 heteroatoms. The first-order valence-electron chi connectivity index (χ1n) is 5.63. The predicted molar refractivity (Wildman–Crippen MR) is 69.2 cm³/mol. The van der Waals surface area contributed by atoms with Crippen LogP contribution in [0, 0.1) is 0 Å². The number of aromatic nitrogens is 1. The van der Waals surface area contributed by atoms with E-state index in [1.54, 1.807) is 13.8 Å². The number of aliphatic hydroxyl groups is 1. The number of hydrogen-bond donors (Lipinski definition) is 1. The minimum Gasteiger partial charge on any atom is -0.382 e. The molecule has 1 N–H and O–H groups in total. The van der Waals surface area contributed by atoms with Gasteiger partial charge in [-0.15, -0.1) is 11.3 Å². The molecule has 1 unspecified atom stereocenters. The number of carbonyl (C=O) groups is 1. The van der Waals surface area contributed by atoms with Crippen molar-refractivity contribution in [2.75, 3.05) is 0 Å². The molecule has 0 spiro atoms. The molecule has 0 saturated heterocycles. The van der Waals surface area contributed by atoms with E-state index in [0.29, 0.717) is 6.42 Å². The highest BCUT2D eigenvalue weighted by Crippen LogP contribution is 2.23. The second kappa shape index (κ2) is 4.55. The molecule has 1 aromatic heterocycles. The van der Waals surface area contributed by atoms with E-state index >= 15 is 0 Å². The number of benzene rings is 1. The molecule has 1 atom stereocenters. The summed E-state index contributed by atoms with van der Waals surface area (Å²) in [6.45, 7) is 3.36. The van der Waals surface area contributed by atoms with Crippen molar-refractivity contribution in [2.24, 2.45) is 0 Å². The van der Waals surface area contributed by atoms with Gasteiger partial charge in [-0.25, -0.2) is 4.98 Å². The van der Waals surface area contributed by atoms with Crippen molar-refractivity contribution in [1.29, 1.82) is 0 Å². The first-order valence-corrected chi connectivity index (χ1v) is 6.44. The van der Waals surface area contributed by atoms with Crippen LogP contribution in [0.15, 0.2) is 24.3 Å². The van der Waals surface area contributed by atoms with Crippen LogP contribution in [-0.2, 0) is 11.2 Å². The topological polar surface area (TPSA) is 50.2 Å². The lowest BCUT2D eigenvalue weighted by Crippen LogP contribution is -2.35. The predicted octanol–water partition coefficient (Wildman–Crippen LogP) is 2.57. The summed E-state index contributed by atoms with van der Waals surface area (Å²) < 4.78 is 1.08. The lowest BCUT2D eigenvalue weighted by Gasteiger charge is -2.18. The number of rotatable bonds is 4. The van der Waals surface area contributed by atoms with Gasteiger partial charge in [-0.05, 0) is 25.5 Å². The maximum atomic E-state index is 11.9. The highest BCUT2D eigenvalue weighted by Gasteiger charge is 2.28. The summed E-state index contributed by atoms with van der Waals surface area (Å²) in [5.74, 6) is -0.168. The summed E-state index contributed by atoms with van der Waals surface area (Å²) in [6.07, 6.45) is 0.636. The molecule has 1 heterocycles. The Labute approximate surface area is 104 Å². The number of fused-ring (bicyclic) bond motifs is 1.